The molecule has 11 nitrogen and oxygen atoms in total. The average Bonchev–Trinajstić information content (AvgIpc) is 3.39. The van der Waals surface area contributed by atoms with Gasteiger partial charge in [-0.2, -0.15) is 0 Å². The maximum atomic E-state index is 12.9. The van der Waals surface area contributed by atoms with Gasteiger partial charge in [0.15, 0.2) is 6.10 Å². The van der Waals surface area contributed by atoms with Crippen molar-refractivity contribution in [3.63, 3.8) is 0 Å². The van der Waals surface area contributed by atoms with Crippen LogP contribution in [-0.4, -0.2) is 66.5 Å². The van der Waals surface area contributed by atoms with E-state index in [-0.39, 0.29) is 25.9 Å². The first-order chi connectivity index (χ1) is 36.2. The molecule has 2 N–H and O–H groups in total. The molecule has 0 aliphatic heterocycles. The lowest BCUT2D eigenvalue weighted by Crippen LogP contribution is -2.30. The summed E-state index contributed by atoms with van der Waals surface area (Å²) in [5, 5.41) is 9.82. The number of ether oxygens (including phenoxy) is 3. The molecule has 0 aromatic carbocycles. The number of carbonyl (C=O) groups excluding carboxylic acids is 3. The van der Waals surface area contributed by atoms with Crippen molar-refractivity contribution in [3.05, 3.63) is 60.8 Å². The van der Waals surface area contributed by atoms with Crippen molar-refractivity contribution in [2.24, 2.45) is 0 Å². The molecule has 0 saturated carbocycles. The Balaban J connectivity index is 4.75. The fraction of sp³-hybridized carbons (Fsp3) is 0.790. The van der Waals surface area contributed by atoms with Crippen LogP contribution in [0.5, 0.6) is 0 Å². The predicted octanol–water partition coefficient (Wildman–Crippen LogP) is 17.9. The summed E-state index contributed by atoms with van der Waals surface area (Å²) in [5.41, 5.74) is 0. The standard InChI is InChI=1S/C62H111O11P/c1-4-7-10-13-16-19-22-25-27-29-31-34-36-39-42-45-48-51-60(64)69-55-59(73-62(66)53-50-47-44-41-38-35-32-30-28-26-23-20-17-14-11-8-5-2)57-71-74(67,68)70-56-58(54-63)72-61(65)52-49-46-43-40-37-33-24-21-18-15-12-9-6-3/h7,10,16,19,25-28,31,34,58-59,63H,4-6,8-9,11-15,17-18,20-24,29-30,32-33,35-57H2,1-3H3,(H,67,68)/b10-7-,19-16-,27-25-,28-26-,34-31-. The second-order valence-electron chi connectivity index (χ2n) is 20.1. The first-order valence-corrected chi connectivity index (χ1v) is 31.7. The summed E-state index contributed by atoms with van der Waals surface area (Å²) in [7, 11) is -4.75. The Bertz CT molecular complexity index is 1470. The summed E-state index contributed by atoms with van der Waals surface area (Å²) in [4.78, 5) is 48.6. The lowest BCUT2D eigenvalue weighted by Gasteiger charge is -2.21. The average molecular weight is 1060 g/mol. The number of aliphatic hydroxyl groups excluding tert-OH is 1. The number of aliphatic hydroxyl groups is 1. The number of hydrogen-bond acceptors (Lipinski definition) is 10. The third-order valence-corrected chi connectivity index (χ3v) is 13.9. The molecule has 3 unspecified atom stereocenters. The van der Waals surface area contributed by atoms with Gasteiger partial charge < -0.3 is 24.2 Å². The van der Waals surface area contributed by atoms with Crippen LogP contribution in [0.1, 0.15) is 278 Å². The van der Waals surface area contributed by atoms with Gasteiger partial charge in [0, 0.05) is 19.3 Å². The number of phosphoric acid groups is 1. The van der Waals surface area contributed by atoms with Crippen LogP contribution >= 0.6 is 7.82 Å². The third kappa shape index (κ3) is 54.0. The Morgan fingerprint density at radius 2 is 0.703 bits per heavy atom. The van der Waals surface area contributed by atoms with E-state index in [1.165, 1.54) is 116 Å². The van der Waals surface area contributed by atoms with Crippen LogP contribution in [-0.2, 0) is 42.2 Å². The van der Waals surface area contributed by atoms with E-state index in [1.54, 1.807) is 0 Å². The fourth-order valence-corrected chi connectivity index (χ4v) is 9.13. The first-order valence-electron chi connectivity index (χ1n) is 30.2. The number of hydrogen-bond donors (Lipinski definition) is 2. The lowest BCUT2D eigenvalue weighted by atomic mass is 10.0. The summed E-state index contributed by atoms with van der Waals surface area (Å²) in [5.74, 6) is -1.48. The van der Waals surface area contributed by atoms with Gasteiger partial charge in [-0.25, -0.2) is 4.57 Å². The van der Waals surface area contributed by atoms with Crippen molar-refractivity contribution in [2.45, 2.75) is 290 Å². The van der Waals surface area contributed by atoms with Crippen molar-refractivity contribution in [2.75, 3.05) is 26.4 Å². The summed E-state index contributed by atoms with van der Waals surface area (Å²) in [6.07, 6.45) is 61.7. The zero-order chi connectivity index (χ0) is 54.1. The largest absolute Gasteiger partial charge is 0.472 e. The Morgan fingerprint density at radius 3 is 1.09 bits per heavy atom. The van der Waals surface area contributed by atoms with Crippen LogP contribution < -0.4 is 0 Å². The molecular formula is C62H111O11P. The normalized spacial score (nSPS) is 13.7. The number of unbranched alkanes of at least 4 members (excludes halogenated alkanes) is 29. The van der Waals surface area contributed by atoms with Crippen molar-refractivity contribution in [3.8, 4) is 0 Å². The van der Waals surface area contributed by atoms with Gasteiger partial charge in [0.05, 0.1) is 19.8 Å². The molecule has 0 aromatic heterocycles. The molecule has 430 valence electrons. The number of carbonyl (C=O) groups is 3. The molecule has 0 spiro atoms. The molecule has 0 aliphatic carbocycles. The molecule has 0 bridgehead atoms. The molecule has 74 heavy (non-hydrogen) atoms. The maximum absolute atomic E-state index is 12.9. The van der Waals surface area contributed by atoms with E-state index < -0.39 is 57.8 Å². The van der Waals surface area contributed by atoms with Gasteiger partial charge in [0.1, 0.15) is 12.7 Å². The van der Waals surface area contributed by atoms with Crippen LogP contribution in [0.2, 0.25) is 0 Å². The number of esters is 3. The van der Waals surface area contributed by atoms with Crippen LogP contribution in [0.4, 0.5) is 0 Å². The summed E-state index contributed by atoms with van der Waals surface area (Å²) in [6.45, 7) is 4.53. The van der Waals surface area contributed by atoms with Gasteiger partial charge >= 0.3 is 25.7 Å². The fourth-order valence-electron chi connectivity index (χ4n) is 8.34. The van der Waals surface area contributed by atoms with Crippen LogP contribution in [0.15, 0.2) is 60.8 Å². The van der Waals surface area contributed by atoms with Crippen molar-refractivity contribution >= 4 is 25.7 Å². The van der Waals surface area contributed by atoms with E-state index in [0.717, 1.165) is 103 Å². The van der Waals surface area contributed by atoms with E-state index in [2.05, 4.69) is 81.5 Å². The third-order valence-electron chi connectivity index (χ3n) is 12.9. The van der Waals surface area contributed by atoms with E-state index in [4.69, 9.17) is 23.3 Å². The van der Waals surface area contributed by atoms with Crippen LogP contribution in [0, 0.1) is 0 Å². The number of phosphoric ester groups is 1. The first kappa shape index (κ1) is 71.2. The molecule has 0 aromatic rings. The predicted molar refractivity (Wildman–Crippen MR) is 307 cm³/mol. The topological polar surface area (TPSA) is 155 Å². The van der Waals surface area contributed by atoms with Crippen molar-refractivity contribution in [1.29, 1.82) is 0 Å². The minimum Gasteiger partial charge on any atom is -0.462 e. The molecule has 0 saturated heterocycles. The quantitative estimate of drug-likeness (QED) is 0.0197. The van der Waals surface area contributed by atoms with Gasteiger partial charge in [0.2, 0.25) is 0 Å². The zero-order valence-corrected chi connectivity index (χ0v) is 48.5. The molecule has 0 aliphatic rings. The summed E-state index contributed by atoms with van der Waals surface area (Å²) >= 11 is 0. The molecule has 0 amide bonds. The number of allylic oxidation sites excluding steroid dienone is 10. The van der Waals surface area contributed by atoms with E-state index >= 15 is 0 Å². The monoisotopic (exact) mass is 1060 g/mol. The van der Waals surface area contributed by atoms with E-state index in [1.807, 2.05) is 0 Å². The molecule has 3 atom stereocenters. The van der Waals surface area contributed by atoms with Gasteiger partial charge in [0.25, 0.3) is 0 Å². The minimum absolute atomic E-state index is 0.158. The zero-order valence-electron chi connectivity index (χ0n) is 47.6. The molecule has 0 radical (unpaired) electrons. The smallest absolute Gasteiger partial charge is 0.462 e. The number of rotatable bonds is 56. The Labute approximate surface area is 453 Å². The summed E-state index contributed by atoms with van der Waals surface area (Å²) < 4.78 is 39.6. The second kappa shape index (κ2) is 56.4. The minimum atomic E-state index is -4.75. The Hall–Kier alpha value is -2.82. The summed E-state index contributed by atoms with van der Waals surface area (Å²) in [6, 6.07) is 0. The Morgan fingerprint density at radius 1 is 0.392 bits per heavy atom. The highest BCUT2D eigenvalue weighted by atomic mass is 31.2. The lowest BCUT2D eigenvalue weighted by molar-refractivity contribution is -0.161. The highest BCUT2D eigenvalue weighted by Gasteiger charge is 2.28. The highest BCUT2D eigenvalue weighted by Crippen LogP contribution is 2.43. The van der Waals surface area contributed by atoms with Crippen molar-refractivity contribution < 1.29 is 52.2 Å². The molecule has 0 fully saturated rings. The van der Waals surface area contributed by atoms with Gasteiger partial charge in [-0.3, -0.25) is 23.4 Å². The van der Waals surface area contributed by atoms with E-state index in [9.17, 15) is 28.9 Å². The Kier molecular flexibility index (Phi) is 54.2. The van der Waals surface area contributed by atoms with Gasteiger partial charge in [-0.1, -0.05) is 236 Å². The highest BCUT2D eigenvalue weighted by molar-refractivity contribution is 7.47. The SMILES string of the molecule is CC/C=C\C/C=C\C/C=C\C/C=C\CCCCCCC(=O)OCC(COP(=O)(O)OCC(CO)OC(=O)CCCCCCCCCCCCCCC)OC(=O)CCCCCCCCC/C=C\CCCCCCCC. The van der Waals surface area contributed by atoms with Gasteiger partial charge in [-0.05, 0) is 83.5 Å². The molecular weight excluding hydrogens is 952 g/mol. The van der Waals surface area contributed by atoms with Crippen molar-refractivity contribution in [1.82, 2.24) is 0 Å². The molecule has 0 rings (SSSR count). The van der Waals surface area contributed by atoms with E-state index in [0.29, 0.717) is 19.3 Å². The molecule has 0 heterocycles. The maximum Gasteiger partial charge on any atom is 0.472 e. The second-order valence-corrected chi connectivity index (χ2v) is 21.6. The van der Waals surface area contributed by atoms with Crippen LogP contribution in [0.25, 0.3) is 0 Å². The van der Waals surface area contributed by atoms with Crippen LogP contribution in [0.3, 0.4) is 0 Å². The van der Waals surface area contributed by atoms with Gasteiger partial charge in [-0.15, -0.1) is 0 Å². The molecule has 12 heteroatoms.